The fourth-order valence-corrected chi connectivity index (χ4v) is 1.05. The summed E-state index contributed by atoms with van der Waals surface area (Å²) < 4.78 is 23.2. The minimum atomic E-state index is -0.397. The van der Waals surface area contributed by atoms with Crippen LogP contribution in [-0.2, 0) is 4.74 Å². The molecule has 0 amide bonds. The monoisotopic (exact) mass is 224 g/mol. The Labute approximate surface area is 93.8 Å². The van der Waals surface area contributed by atoms with Gasteiger partial charge in [0, 0.05) is 6.61 Å². The molecule has 0 spiro atoms. The molecular weight excluding hydrogens is 211 g/mol. The first kappa shape index (κ1) is 12.5. The van der Waals surface area contributed by atoms with Crippen molar-refractivity contribution in [2.24, 2.45) is 0 Å². The van der Waals surface area contributed by atoms with Crippen LogP contribution >= 0.6 is 0 Å². The van der Waals surface area contributed by atoms with E-state index >= 15 is 0 Å². The lowest BCUT2D eigenvalue weighted by Crippen LogP contribution is -2.03. The highest BCUT2D eigenvalue weighted by molar-refractivity contribution is 5.46. The average molecular weight is 224 g/mol. The number of hydrogen-bond donors (Lipinski definition) is 1. The molecule has 0 saturated carbocycles. The summed E-state index contributed by atoms with van der Waals surface area (Å²) in [7, 11) is 0. The Kier molecular flexibility index (Phi) is 5.34. The van der Waals surface area contributed by atoms with Crippen LogP contribution in [0.2, 0.25) is 0 Å². The highest BCUT2D eigenvalue weighted by atomic mass is 19.1. The van der Waals surface area contributed by atoms with Gasteiger partial charge < -0.3 is 14.6 Å². The van der Waals surface area contributed by atoms with Crippen LogP contribution in [0.4, 0.5) is 4.39 Å². The van der Waals surface area contributed by atoms with E-state index in [4.69, 9.17) is 14.6 Å². The molecule has 16 heavy (non-hydrogen) atoms. The third kappa shape index (κ3) is 3.89. The molecule has 0 atom stereocenters. The van der Waals surface area contributed by atoms with Crippen LogP contribution in [0.25, 0.3) is 0 Å². The second kappa shape index (κ2) is 6.83. The maximum absolute atomic E-state index is 12.9. The van der Waals surface area contributed by atoms with Gasteiger partial charge in [0.05, 0.1) is 5.56 Å². The molecule has 0 aromatic heterocycles. The standard InChI is InChI=1S/C12H13FO3/c1-2-15-9-16-12-6-5-11(13)8-10(12)4-3-7-14/h5-6,8,14H,2,7,9H2,1H3. The molecule has 0 saturated heterocycles. The molecular formula is C12H13FO3. The number of ether oxygens (including phenoxy) is 2. The third-order valence-electron chi connectivity index (χ3n) is 1.75. The molecule has 0 radical (unpaired) electrons. The zero-order chi connectivity index (χ0) is 11.8. The van der Waals surface area contributed by atoms with Gasteiger partial charge in [0.15, 0.2) is 6.79 Å². The first-order chi connectivity index (χ1) is 7.77. The molecule has 0 aliphatic rings. The second-order valence-corrected chi connectivity index (χ2v) is 2.86. The summed E-state index contributed by atoms with van der Waals surface area (Å²) in [6.07, 6.45) is 0. The minimum absolute atomic E-state index is 0.0932. The largest absolute Gasteiger partial charge is 0.466 e. The second-order valence-electron chi connectivity index (χ2n) is 2.86. The zero-order valence-electron chi connectivity index (χ0n) is 9.00. The highest BCUT2D eigenvalue weighted by Crippen LogP contribution is 2.18. The molecule has 86 valence electrons. The smallest absolute Gasteiger partial charge is 0.189 e. The van der Waals surface area contributed by atoms with Gasteiger partial charge in [0.1, 0.15) is 18.2 Å². The van der Waals surface area contributed by atoms with Gasteiger partial charge in [-0.05, 0) is 25.1 Å². The van der Waals surface area contributed by atoms with Crippen LogP contribution in [0.1, 0.15) is 12.5 Å². The van der Waals surface area contributed by atoms with Crippen LogP contribution in [-0.4, -0.2) is 25.1 Å². The topological polar surface area (TPSA) is 38.7 Å². The van der Waals surface area contributed by atoms with Gasteiger partial charge in [0.25, 0.3) is 0 Å². The third-order valence-corrected chi connectivity index (χ3v) is 1.75. The van der Waals surface area contributed by atoms with E-state index in [1.54, 1.807) is 0 Å². The first-order valence-electron chi connectivity index (χ1n) is 4.87. The fourth-order valence-electron chi connectivity index (χ4n) is 1.05. The Morgan fingerprint density at radius 1 is 1.44 bits per heavy atom. The summed E-state index contributed by atoms with van der Waals surface area (Å²) in [4.78, 5) is 0. The van der Waals surface area contributed by atoms with E-state index in [1.165, 1.54) is 18.2 Å². The van der Waals surface area contributed by atoms with E-state index < -0.39 is 5.82 Å². The number of aliphatic hydroxyl groups is 1. The maximum atomic E-state index is 12.9. The molecule has 0 aliphatic carbocycles. The van der Waals surface area contributed by atoms with Gasteiger partial charge in [0.2, 0.25) is 0 Å². The van der Waals surface area contributed by atoms with Crippen LogP contribution in [0.3, 0.4) is 0 Å². The van der Waals surface area contributed by atoms with E-state index in [1.807, 2.05) is 6.92 Å². The average Bonchev–Trinajstić information content (AvgIpc) is 2.29. The molecule has 0 unspecified atom stereocenters. The SMILES string of the molecule is CCOCOc1ccc(F)cc1C#CCO. The molecule has 1 N–H and O–H groups in total. The molecule has 3 nitrogen and oxygen atoms in total. The molecule has 0 fully saturated rings. The number of halogens is 1. The van der Waals surface area contributed by atoms with Crippen LogP contribution in [0.15, 0.2) is 18.2 Å². The summed E-state index contributed by atoms with van der Waals surface area (Å²) in [5, 5.41) is 8.57. The highest BCUT2D eigenvalue weighted by Gasteiger charge is 2.02. The summed E-state index contributed by atoms with van der Waals surface area (Å²) in [6.45, 7) is 2.21. The Bertz CT molecular complexity index is 393. The number of benzene rings is 1. The lowest BCUT2D eigenvalue weighted by molar-refractivity contribution is 0.0222. The van der Waals surface area contributed by atoms with Crippen molar-refractivity contribution >= 4 is 0 Å². The van der Waals surface area contributed by atoms with Gasteiger partial charge in [-0.2, -0.15) is 0 Å². The van der Waals surface area contributed by atoms with Crippen molar-refractivity contribution < 1.29 is 19.0 Å². The van der Waals surface area contributed by atoms with Gasteiger partial charge in [-0.1, -0.05) is 11.8 Å². The Balaban J connectivity index is 2.80. The molecule has 0 bridgehead atoms. The Morgan fingerprint density at radius 2 is 2.25 bits per heavy atom. The fraction of sp³-hybridized carbons (Fsp3) is 0.333. The summed E-state index contributed by atoms with van der Waals surface area (Å²) >= 11 is 0. The molecule has 1 aromatic carbocycles. The van der Waals surface area contributed by atoms with Crippen molar-refractivity contribution in [3.63, 3.8) is 0 Å². The number of hydrogen-bond acceptors (Lipinski definition) is 3. The summed E-state index contributed by atoms with van der Waals surface area (Å²) in [5.41, 5.74) is 0.397. The van der Waals surface area contributed by atoms with Crippen molar-refractivity contribution in [3.05, 3.63) is 29.6 Å². The number of aliphatic hydroxyl groups excluding tert-OH is 1. The van der Waals surface area contributed by atoms with Gasteiger partial charge >= 0.3 is 0 Å². The predicted octanol–water partition coefficient (Wildman–Crippen LogP) is 1.54. The van der Waals surface area contributed by atoms with E-state index in [0.717, 1.165) is 0 Å². The van der Waals surface area contributed by atoms with Crippen molar-refractivity contribution in [3.8, 4) is 17.6 Å². The quantitative estimate of drug-likeness (QED) is 0.479. The normalized spacial score (nSPS) is 9.44. The summed E-state index contributed by atoms with van der Waals surface area (Å²) in [5.74, 6) is 5.09. The maximum Gasteiger partial charge on any atom is 0.189 e. The van der Waals surface area contributed by atoms with Crippen molar-refractivity contribution in [1.82, 2.24) is 0 Å². The molecule has 0 heterocycles. The van der Waals surface area contributed by atoms with Crippen molar-refractivity contribution in [1.29, 1.82) is 0 Å². The lowest BCUT2D eigenvalue weighted by atomic mass is 10.2. The lowest BCUT2D eigenvalue weighted by Gasteiger charge is -2.07. The zero-order valence-corrected chi connectivity index (χ0v) is 9.00. The van der Waals surface area contributed by atoms with Crippen molar-refractivity contribution in [2.75, 3.05) is 20.0 Å². The van der Waals surface area contributed by atoms with Crippen LogP contribution in [0.5, 0.6) is 5.75 Å². The molecule has 1 aromatic rings. The van der Waals surface area contributed by atoms with Crippen LogP contribution in [0, 0.1) is 17.7 Å². The molecule has 4 heteroatoms. The van der Waals surface area contributed by atoms with Gasteiger partial charge in [-0.15, -0.1) is 0 Å². The Hall–Kier alpha value is -1.57. The van der Waals surface area contributed by atoms with Gasteiger partial charge in [-0.3, -0.25) is 0 Å². The summed E-state index contributed by atoms with van der Waals surface area (Å²) in [6, 6.07) is 4.02. The van der Waals surface area contributed by atoms with Crippen LogP contribution < -0.4 is 4.74 Å². The van der Waals surface area contributed by atoms with Crippen molar-refractivity contribution in [2.45, 2.75) is 6.92 Å². The van der Waals surface area contributed by atoms with E-state index in [2.05, 4.69) is 11.8 Å². The molecule has 0 aliphatic heterocycles. The van der Waals surface area contributed by atoms with Gasteiger partial charge in [-0.25, -0.2) is 4.39 Å². The van der Waals surface area contributed by atoms with E-state index in [-0.39, 0.29) is 13.4 Å². The Morgan fingerprint density at radius 3 is 2.94 bits per heavy atom. The molecule has 1 rings (SSSR count). The van der Waals surface area contributed by atoms with E-state index in [0.29, 0.717) is 17.9 Å². The predicted molar refractivity (Wildman–Crippen MR) is 57.5 cm³/mol. The first-order valence-corrected chi connectivity index (χ1v) is 4.87. The van der Waals surface area contributed by atoms with E-state index in [9.17, 15) is 4.39 Å². The number of rotatable bonds is 4. The minimum Gasteiger partial charge on any atom is -0.466 e.